The first-order valence-electron chi connectivity index (χ1n) is 7.02. The van der Waals surface area contributed by atoms with Crippen molar-refractivity contribution in [2.45, 2.75) is 19.0 Å². The zero-order chi connectivity index (χ0) is 16.4. The Morgan fingerprint density at radius 1 is 1.17 bits per heavy atom. The average molecular weight is 317 g/mol. The number of ketones is 1. The van der Waals surface area contributed by atoms with Crippen molar-refractivity contribution in [3.05, 3.63) is 59.7 Å². The molecule has 2 aromatic rings. The molecule has 1 N–H and O–H groups in total. The largest absolute Gasteiger partial charge is 0.435 e. The second-order valence-corrected chi connectivity index (χ2v) is 5.16. The number of benzene rings is 2. The Kier molecular flexibility index (Phi) is 4.06. The summed E-state index contributed by atoms with van der Waals surface area (Å²) in [5.41, 5.74) is 1.59. The van der Waals surface area contributed by atoms with E-state index in [2.05, 4.69) is 10.1 Å². The van der Waals surface area contributed by atoms with E-state index in [4.69, 9.17) is 0 Å². The molecular weight excluding hydrogens is 304 g/mol. The number of rotatable bonds is 4. The number of nitrogens with one attached hydrogen (secondary N) is 1. The van der Waals surface area contributed by atoms with E-state index in [9.17, 15) is 18.4 Å². The van der Waals surface area contributed by atoms with E-state index in [1.807, 2.05) is 0 Å². The van der Waals surface area contributed by atoms with Gasteiger partial charge in [0.1, 0.15) is 5.75 Å². The van der Waals surface area contributed by atoms with Crippen LogP contribution in [0.15, 0.2) is 48.5 Å². The topological polar surface area (TPSA) is 55.4 Å². The fourth-order valence-corrected chi connectivity index (χ4v) is 2.67. The minimum atomic E-state index is -2.93. The third-order valence-electron chi connectivity index (χ3n) is 3.67. The van der Waals surface area contributed by atoms with Crippen LogP contribution in [0, 0.1) is 0 Å². The SMILES string of the molecule is O=C1CC(C(=O)Nc2cccc(OC(F)F)c2)c2ccccc21. The lowest BCUT2D eigenvalue weighted by atomic mass is 10.0. The van der Waals surface area contributed by atoms with E-state index >= 15 is 0 Å². The molecule has 1 aliphatic rings. The number of amides is 1. The lowest BCUT2D eigenvalue weighted by Gasteiger charge is -2.12. The van der Waals surface area contributed by atoms with Crippen molar-refractivity contribution in [2.24, 2.45) is 0 Å². The molecule has 1 aliphatic carbocycles. The van der Waals surface area contributed by atoms with Gasteiger partial charge in [-0.1, -0.05) is 30.3 Å². The summed E-state index contributed by atoms with van der Waals surface area (Å²) in [5, 5.41) is 2.64. The normalized spacial score (nSPS) is 16.3. The molecule has 1 atom stereocenters. The molecule has 0 aromatic heterocycles. The number of hydrogen-bond donors (Lipinski definition) is 1. The molecule has 118 valence electrons. The molecule has 6 heteroatoms. The first-order valence-corrected chi connectivity index (χ1v) is 7.02. The maximum absolute atomic E-state index is 12.4. The number of hydrogen-bond acceptors (Lipinski definition) is 3. The van der Waals surface area contributed by atoms with Crippen LogP contribution in [-0.4, -0.2) is 18.3 Å². The summed E-state index contributed by atoms with van der Waals surface area (Å²) in [7, 11) is 0. The van der Waals surface area contributed by atoms with Crippen molar-refractivity contribution in [2.75, 3.05) is 5.32 Å². The molecule has 0 saturated heterocycles. The highest BCUT2D eigenvalue weighted by atomic mass is 19.3. The van der Waals surface area contributed by atoms with Gasteiger partial charge in [0.25, 0.3) is 0 Å². The Morgan fingerprint density at radius 2 is 1.96 bits per heavy atom. The van der Waals surface area contributed by atoms with Gasteiger partial charge in [-0.15, -0.1) is 0 Å². The molecule has 3 rings (SSSR count). The molecule has 1 unspecified atom stereocenters. The highest BCUT2D eigenvalue weighted by Gasteiger charge is 2.33. The number of carbonyl (C=O) groups excluding carboxylic acids is 2. The summed E-state index contributed by atoms with van der Waals surface area (Å²) < 4.78 is 28.7. The second kappa shape index (κ2) is 6.16. The summed E-state index contributed by atoms with van der Waals surface area (Å²) in [6.07, 6.45) is 0.110. The highest BCUT2D eigenvalue weighted by molar-refractivity contribution is 6.09. The molecule has 4 nitrogen and oxygen atoms in total. The van der Waals surface area contributed by atoms with E-state index in [1.54, 1.807) is 30.3 Å². The highest BCUT2D eigenvalue weighted by Crippen LogP contribution is 2.34. The zero-order valence-corrected chi connectivity index (χ0v) is 12.0. The maximum Gasteiger partial charge on any atom is 0.387 e. The molecule has 1 amide bonds. The number of ether oxygens (including phenoxy) is 1. The predicted molar refractivity (Wildman–Crippen MR) is 79.8 cm³/mol. The van der Waals surface area contributed by atoms with E-state index < -0.39 is 12.5 Å². The summed E-state index contributed by atoms with van der Waals surface area (Å²) in [6, 6.07) is 12.7. The Hall–Kier alpha value is -2.76. The van der Waals surface area contributed by atoms with Gasteiger partial charge in [-0.2, -0.15) is 8.78 Å². The number of halogens is 2. The molecule has 2 aromatic carbocycles. The van der Waals surface area contributed by atoms with E-state index in [-0.39, 0.29) is 23.9 Å². The minimum absolute atomic E-state index is 0.0410. The van der Waals surface area contributed by atoms with Crippen molar-refractivity contribution in [3.63, 3.8) is 0 Å². The van der Waals surface area contributed by atoms with Crippen LogP contribution in [0.2, 0.25) is 0 Å². The lowest BCUT2D eigenvalue weighted by molar-refractivity contribution is -0.117. The van der Waals surface area contributed by atoms with Crippen molar-refractivity contribution in [1.82, 2.24) is 0 Å². The fraction of sp³-hybridized carbons (Fsp3) is 0.176. The molecule has 0 bridgehead atoms. The minimum Gasteiger partial charge on any atom is -0.435 e. The Morgan fingerprint density at radius 3 is 2.74 bits per heavy atom. The summed E-state index contributed by atoms with van der Waals surface area (Å²) in [6.45, 7) is -2.93. The van der Waals surface area contributed by atoms with Crippen LogP contribution in [0.25, 0.3) is 0 Å². The van der Waals surface area contributed by atoms with E-state index in [0.717, 1.165) is 0 Å². The van der Waals surface area contributed by atoms with Gasteiger partial charge in [-0.05, 0) is 17.7 Å². The van der Waals surface area contributed by atoms with Crippen molar-refractivity contribution < 1.29 is 23.1 Å². The molecule has 0 fully saturated rings. The fourth-order valence-electron chi connectivity index (χ4n) is 2.67. The smallest absolute Gasteiger partial charge is 0.387 e. The maximum atomic E-state index is 12.4. The Labute approximate surface area is 131 Å². The molecule has 0 heterocycles. The number of Topliss-reactive ketones (excluding diaryl/α,β-unsaturated/α-hetero) is 1. The van der Waals surface area contributed by atoms with Crippen molar-refractivity contribution in [3.8, 4) is 5.75 Å². The summed E-state index contributed by atoms with van der Waals surface area (Å²) in [5.74, 6) is -1.04. The van der Waals surface area contributed by atoms with Gasteiger partial charge in [0.05, 0.1) is 5.92 Å². The summed E-state index contributed by atoms with van der Waals surface area (Å²) in [4.78, 5) is 24.3. The van der Waals surface area contributed by atoms with Crippen molar-refractivity contribution in [1.29, 1.82) is 0 Å². The van der Waals surface area contributed by atoms with Crippen LogP contribution < -0.4 is 10.1 Å². The van der Waals surface area contributed by atoms with Crippen LogP contribution in [0.4, 0.5) is 14.5 Å². The van der Waals surface area contributed by atoms with Gasteiger partial charge in [-0.3, -0.25) is 9.59 Å². The van der Waals surface area contributed by atoms with Crippen LogP contribution >= 0.6 is 0 Å². The van der Waals surface area contributed by atoms with Crippen LogP contribution in [0.1, 0.15) is 28.3 Å². The number of alkyl halides is 2. The number of anilines is 1. The number of fused-ring (bicyclic) bond motifs is 1. The molecule has 0 spiro atoms. The van der Waals surface area contributed by atoms with Gasteiger partial charge >= 0.3 is 6.61 Å². The van der Waals surface area contributed by atoms with Crippen molar-refractivity contribution >= 4 is 17.4 Å². The quantitative estimate of drug-likeness (QED) is 0.937. The standard InChI is InChI=1S/C17H13F2NO3/c18-17(19)23-11-5-3-4-10(8-11)20-16(22)14-9-15(21)13-7-2-1-6-12(13)14/h1-8,14,17H,9H2,(H,20,22). The third kappa shape index (κ3) is 3.21. The Balaban J connectivity index is 1.77. The Bertz CT molecular complexity index is 761. The molecule has 0 aliphatic heterocycles. The van der Waals surface area contributed by atoms with Gasteiger partial charge in [0.2, 0.25) is 5.91 Å². The molecule has 23 heavy (non-hydrogen) atoms. The molecule has 0 radical (unpaired) electrons. The van der Waals surface area contributed by atoms with Gasteiger partial charge < -0.3 is 10.1 Å². The average Bonchev–Trinajstić information content (AvgIpc) is 2.85. The van der Waals surface area contributed by atoms with Crippen LogP contribution in [0.5, 0.6) is 5.75 Å². The van der Waals surface area contributed by atoms with Gasteiger partial charge in [0, 0.05) is 23.7 Å². The lowest BCUT2D eigenvalue weighted by Crippen LogP contribution is -2.19. The van der Waals surface area contributed by atoms with E-state index in [1.165, 1.54) is 18.2 Å². The van der Waals surface area contributed by atoms with Crippen LogP contribution in [-0.2, 0) is 4.79 Å². The first-order chi connectivity index (χ1) is 11.0. The monoisotopic (exact) mass is 317 g/mol. The van der Waals surface area contributed by atoms with Gasteiger partial charge in [0.15, 0.2) is 5.78 Å². The molecule has 0 saturated carbocycles. The number of carbonyl (C=O) groups is 2. The first kappa shape index (κ1) is 15.1. The predicted octanol–water partition coefficient (Wildman–Crippen LogP) is 3.60. The van der Waals surface area contributed by atoms with Crippen LogP contribution in [0.3, 0.4) is 0 Å². The molecular formula is C17H13F2NO3. The third-order valence-corrected chi connectivity index (χ3v) is 3.67. The zero-order valence-electron chi connectivity index (χ0n) is 12.0. The van der Waals surface area contributed by atoms with Gasteiger partial charge in [-0.25, -0.2) is 0 Å². The second-order valence-electron chi connectivity index (χ2n) is 5.16. The summed E-state index contributed by atoms with van der Waals surface area (Å²) >= 11 is 0. The van der Waals surface area contributed by atoms with E-state index in [0.29, 0.717) is 16.8 Å².